The highest BCUT2D eigenvalue weighted by Crippen LogP contribution is 2.50. The molecule has 1 aliphatic rings. The third-order valence-electron chi connectivity index (χ3n) is 5.67. The molecule has 0 saturated carbocycles. The normalized spacial score (nSPS) is 23.6. The summed E-state index contributed by atoms with van der Waals surface area (Å²) in [7, 11) is 0. The van der Waals surface area contributed by atoms with E-state index in [4.69, 9.17) is 5.73 Å². The van der Waals surface area contributed by atoms with Crippen molar-refractivity contribution in [3.63, 3.8) is 0 Å². The maximum Gasteiger partial charge on any atom is 0.165 e. The van der Waals surface area contributed by atoms with Gasteiger partial charge in [0.15, 0.2) is 11.5 Å². The van der Waals surface area contributed by atoms with Gasteiger partial charge in [-0.1, -0.05) is 41.5 Å². The average Bonchev–Trinajstić information content (AvgIpc) is 3.18. The van der Waals surface area contributed by atoms with Gasteiger partial charge in [0.05, 0.1) is 19.0 Å². The zero-order valence-electron chi connectivity index (χ0n) is 14.3. The van der Waals surface area contributed by atoms with Gasteiger partial charge in [-0.25, -0.2) is 15.0 Å². The number of nitrogens with zero attached hydrogens (tertiary/aromatic N) is 4. The highest BCUT2D eigenvalue weighted by Gasteiger charge is 2.44. The van der Waals surface area contributed by atoms with Gasteiger partial charge in [-0.15, -0.1) is 0 Å². The van der Waals surface area contributed by atoms with E-state index in [1.165, 1.54) is 17.5 Å². The summed E-state index contributed by atoms with van der Waals surface area (Å²) in [5.74, 6) is 0.386. The largest absolute Gasteiger partial charge is 0.395 e. The third-order valence-corrected chi connectivity index (χ3v) is 5.67. The molecule has 25 heavy (non-hydrogen) atoms. The predicted molar refractivity (Wildman–Crippen MR) is 97.0 cm³/mol. The Hall–Kier alpha value is -2.73. The molecule has 0 aliphatic heterocycles. The Morgan fingerprint density at radius 2 is 1.96 bits per heavy atom. The number of anilines is 1. The van der Waals surface area contributed by atoms with Gasteiger partial charge in [-0.2, -0.15) is 0 Å². The smallest absolute Gasteiger partial charge is 0.165 e. The Labute approximate surface area is 146 Å². The van der Waals surface area contributed by atoms with Crippen molar-refractivity contribution in [1.82, 2.24) is 19.5 Å². The van der Waals surface area contributed by atoms with Crippen LogP contribution in [0.1, 0.15) is 31.9 Å². The van der Waals surface area contributed by atoms with E-state index in [0.717, 1.165) is 17.6 Å². The number of fused-ring (bicyclic) bond motifs is 1. The quantitative estimate of drug-likeness (QED) is 0.718. The number of nitrogen functional groups attached to an aromatic ring is 1. The minimum absolute atomic E-state index is 0.0699. The van der Waals surface area contributed by atoms with E-state index < -0.39 is 0 Å². The highest BCUT2D eigenvalue weighted by molar-refractivity contribution is 5.81. The van der Waals surface area contributed by atoms with Gasteiger partial charge in [0.1, 0.15) is 11.8 Å². The summed E-state index contributed by atoms with van der Waals surface area (Å²) < 4.78 is 2.05. The van der Waals surface area contributed by atoms with Crippen molar-refractivity contribution in [2.45, 2.75) is 31.7 Å². The van der Waals surface area contributed by atoms with E-state index in [2.05, 4.69) is 40.9 Å². The Kier molecular flexibility index (Phi) is 3.58. The number of rotatable bonds is 3. The second-order valence-electron chi connectivity index (χ2n) is 6.72. The standard InChI is InChI=1S/C19H21N5O/c1-12-13(2)19(9-25,14-6-4-3-5-7-14)8-15(12)24-11-23-16-17(20)21-10-22-18(16)24/h3-7,10-11,15,25H,8-9H2,1-2H3,(H2,20,21,22)/t15-,19+/m1/s1. The van der Waals surface area contributed by atoms with E-state index in [-0.39, 0.29) is 18.1 Å². The molecule has 2 heterocycles. The van der Waals surface area contributed by atoms with E-state index in [1.807, 2.05) is 22.8 Å². The molecule has 0 amide bonds. The fourth-order valence-electron chi connectivity index (χ4n) is 4.03. The fourth-order valence-corrected chi connectivity index (χ4v) is 4.03. The molecule has 6 nitrogen and oxygen atoms in total. The van der Waals surface area contributed by atoms with Gasteiger partial charge in [-0.3, -0.25) is 0 Å². The molecule has 0 spiro atoms. The molecule has 3 aromatic rings. The van der Waals surface area contributed by atoms with E-state index in [0.29, 0.717) is 11.3 Å². The van der Waals surface area contributed by atoms with Gasteiger partial charge in [0, 0.05) is 5.41 Å². The van der Waals surface area contributed by atoms with Crippen LogP contribution in [0.2, 0.25) is 0 Å². The zero-order valence-corrected chi connectivity index (χ0v) is 14.3. The van der Waals surface area contributed by atoms with Gasteiger partial charge in [-0.05, 0) is 25.8 Å². The van der Waals surface area contributed by atoms with Gasteiger partial charge in [0.25, 0.3) is 0 Å². The first-order valence-electron chi connectivity index (χ1n) is 8.36. The van der Waals surface area contributed by atoms with Gasteiger partial charge < -0.3 is 15.4 Å². The molecule has 1 aliphatic carbocycles. The maximum atomic E-state index is 10.3. The predicted octanol–water partition coefficient (Wildman–Crippen LogP) is 2.62. The Morgan fingerprint density at radius 3 is 2.68 bits per heavy atom. The second-order valence-corrected chi connectivity index (χ2v) is 6.72. The number of aromatic nitrogens is 4. The van der Waals surface area contributed by atoms with Crippen LogP contribution >= 0.6 is 0 Å². The maximum absolute atomic E-state index is 10.3. The number of hydrogen-bond donors (Lipinski definition) is 2. The molecule has 1 aromatic carbocycles. The summed E-state index contributed by atoms with van der Waals surface area (Å²) in [6, 6.07) is 10.3. The molecular formula is C19H21N5O. The first kappa shape index (κ1) is 15.8. The van der Waals surface area contributed by atoms with Crippen LogP contribution < -0.4 is 5.73 Å². The Morgan fingerprint density at radius 1 is 1.20 bits per heavy atom. The summed E-state index contributed by atoms with van der Waals surface area (Å²) in [4.78, 5) is 12.8. The molecule has 0 radical (unpaired) electrons. The summed E-state index contributed by atoms with van der Waals surface area (Å²) in [6.07, 6.45) is 4.00. The topological polar surface area (TPSA) is 89.8 Å². The highest BCUT2D eigenvalue weighted by atomic mass is 16.3. The fraction of sp³-hybridized carbons (Fsp3) is 0.316. The minimum atomic E-state index is -0.384. The SMILES string of the molecule is CC1=C(C)[C@](CO)(c2ccccc2)C[C@H]1n1cnc2c(N)ncnc21. The zero-order chi connectivity index (χ0) is 17.6. The molecule has 0 fully saturated rings. The van der Waals surface area contributed by atoms with Crippen LogP contribution in [0.15, 0.2) is 54.1 Å². The van der Waals surface area contributed by atoms with E-state index in [1.54, 1.807) is 6.33 Å². The van der Waals surface area contributed by atoms with Crippen LogP contribution in [0.25, 0.3) is 11.2 Å². The lowest BCUT2D eigenvalue weighted by Gasteiger charge is -2.30. The van der Waals surface area contributed by atoms with Crippen molar-refractivity contribution < 1.29 is 5.11 Å². The average molecular weight is 335 g/mol. The summed E-state index contributed by atoms with van der Waals surface area (Å²) in [5.41, 5.74) is 10.5. The molecule has 3 N–H and O–H groups in total. The Bertz CT molecular complexity index is 962. The van der Waals surface area contributed by atoms with Gasteiger partial charge in [0.2, 0.25) is 0 Å². The summed E-state index contributed by atoms with van der Waals surface area (Å²) in [5, 5.41) is 10.3. The first-order chi connectivity index (χ1) is 12.1. The van der Waals surface area contributed by atoms with Crippen LogP contribution in [0.4, 0.5) is 5.82 Å². The number of imidazole rings is 1. The molecule has 6 heteroatoms. The van der Waals surface area contributed by atoms with E-state index >= 15 is 0 Å². The molecular weight excluding hydrogens is 314 g/mol. The van der Waals surface area contributed by atoms with Crippen LogP contribution in [-0.2, 0) is 5.41 Å². The summed E-state index contributed by atoms with van der Waals surface area (Å²) >= 11 is 0. The van der Waals surface area contributed by atoms with Gasteiger partial charge >= 0.3 is 0 Å². The number of aliphatic hydroxyl groups excluding tert-OH is 1. The van der Waals surface area contributed by atoms with Crippen LogP contribution in [-0.4, -0.2) is 31.2 Å². The second kappa shape index (κ2) is 5.67. The first-order valence-corrected chi connectivity index (χ1v) is 8.36. The molecule has 2 aromatic heterocycles. The van der Waals surface area contributed by atoms with Crippen molar-refractivity contribution >= 4 is 17.0 Å². The number of hydrogen-bond acceptors (Lipinski definition) is 5. The van der Waals surface area contributed by atoms with Crippen LogP contribution in [0.3, 0.4) is 0 Å². The van der Waals surface area contributed by atoms with Crippen molar-refractivity contribution in [3.8, 4) is 0 Å². The molecule has 4 rings (SSSR count). The monoisotopic (exact) mass is 335 g/mol. The molecule has 0 saturated heterocycles. The minimum Gasteiger partial charge on any atom is -0.395 e. The molecule has 0 bridgehead atoms. The van der Waals surface area contributed by atoms with Crippen LogP contribution in [0, 0.1) is 0 Å². The van der Waals surface area contributed by atoms with Crippen molar-refractivity contribution in [3.05, 3.63) is 59.7 Å². The summed E-state index contributed by atoms with van der Waals surface area (Å²) in [6.45, 7) is 4.30. The lowest BCUT2D eigenvalue weighted by Crippen LogP contribution is -2.30. The lowest BCUT2D eigenvalue weighted by molar-refractivity contribution is 0.208. The lowest BCUT2D eigenvalue weighted by atomic mass is 9.75. The van der Waals surface area contributed by atoms with E-state index in [9.17, 15) is 5.11 Å². The van der Waals surface area contributed by atoms with Crippen molar-refractivity contribution in [1.29, 1.82) is 0 Å². The van der Waals surface area contributed by atoms with Crippen molar-refractivity contribution in [2.75, 3.05) is 12.3 Å². The number of aliphatic hydroxyl groups is 1. The number of allylic oxidation sites excluding steroid dienone is 1. The number of benzene rings is 1. The van der Waals surface area contributed by atoms with Crippen molar-refractivity contribution in [2.24, 2.45) is 0 Å². The molecule has 0 unspecified atom stereocenters. The number of nitrogens with two attached hydrogens (primary N) is 1. The third kappa shape index (κ3) is 2.17. The van der Waals surface area contributed by atoms with Crippen LogP contribution in [0.5, 0.6) is 0 Å². The molecule has 128 valence electrons. The molecule has 2 atom stereocenters. The Balaban J connectivity index is 1.85.